The second-order valence-electron chi connectivity index (χ2n) is 33.1. The lowest BCUT2D eigenvalue weighted by Crippen LogP contribution is -1.98. The quantitative estimate of drug-likeness (QED) is 0.113. The maximum atomic E-state index is 7.16. The fourth-order valence-electron chi connectivity index (χ4n) is 21.1. The summed E-state index contributed by atoms with van der Waals surface area (Å²) < 4.78 is 19.6. The number of benzene rings is 20. The molecular formula is C120H74N4OS. The number of para-hydroxylation sites is 8. The number of aromatic nitrogens is 4. The number of fused-ring (bicyclic) bond motifs is 18. The van der Waals surface area contributed by atoms with Gasteiger partial charge in [0, 0.05) is 86.0 Å². The normalized spacial score (nSPS) is 12.0. The van der Waals surface area contributed by atoms with E-state index in [0.29, 0.717) is 0 Å². The van der Waals surface area contributed by atoms with Crippen molar-refractivity contribution in [3.8, 4) is 123 Å². The van der Waals surface area contributed by atoms with Gasteiger partial charge in [0.25, 0.3) is 0 Å². The summed E-state index contributed by atoms with van der Waals surface area (Å²) in [6.45, 7) is 0. The van der Waals surface area contributed by atoms with E-state index in [-0.39, 0.29) is 0 Å². The van der Waals surface area contributed by atoms with E-state index in [1.807, 2.05) is 11.3 Å². The van der Waals surface area contributed by atoms with Crippen molar-refractivity contribution in [1.29, 1.82) is 0 Å². The van der Waals surface area contributed by atoms with Gasteiger partial charge in [0.15, 0.2) is 5.58 Å². The largest absolute Gasteiger partial charge is 0.454 e. The SMILES string of the molecule is c1ccc(-c2ccccc2-c2ccc(-n3c4ccccc4c4c(-c5cccc6c5c5ccccc5n6-c5ccccc5-c5cccc(-c6ccc7sc8c(-n9c%10ccccc%10c%10c(-c%11cccc%12c%13ccccc%13n(-c%13ccccc%13-c%13ccccc%13)c%11%12)cccc%109)ccc(-c9ccccc9-c9ccccc9)c8c7c6)c5)cccc43)c3oc4ccccc4c23)cc1. The van der Waals surface area contributed by atoms with Crippen LogP contribution in [0.2, 0.25) is 0 Å². The second-order valence-corrected chi connectivity index (χ2v) is 34.2. The van der Waals surface area contributed by atoms with Crippen LogP contribution in [-0.4, -0.2) is 18.3 Å². The molecule has 0 fully saturated rings. The van der Waals surface area contributed by atoms with Gasteiger partial charge < -0.3 is 22.7 Å². The molecule has 0 bridgehead atoms. The highest BCUT2D eigenvalue weighted by Gasteiger charge is 2.29. The van der Waals surface area contributed by atoms with Gasteiger partial charge in [-0.2, -0.15) is 0 Å². The minimum absolute atomic E-state index is 0.848. The van der Waals surface area contributed by atoms with Crippen LogP contribution in [-0.2, 0) is 0 Å². The molecule has 6 aromatic heterocycles. The molecule has 20 aromatic carbocycles. The maximum absolute atomic E-state index is 7.16. The minimum atomic E-state index is 0.848. The molecule has 0 saturated heterocycles. The number of rotatable bonds is 13. The summed E-state index contributed by atoms with van der Waals surface area (Å²) in [6.07, 6.45) is 0. The Kier molecular flexibility index (Phi) is 16.2. The molecule has 0 aliphatic rings. The zero-order valence-corrected chi connectivity index (χ0v) is 69.1. The van der Waals surface area contributed by atoms with Crippen molar-refractivity contribution >= 4 is 141 Å². The Labute approximate surface area is 729 Å². The Morgan fingerprint density at radius 2 is 0.532 bits per heavy atom. The molecule has 0 unspecified atom stereocenters. The molecule has 0 atom stereocenters. The fourth-order valence-corrected chi connectivity index (χ4v) is 22.4. The topological polar surface area (TPSA) is 32.9 Å². The summed E-state index contributed by atoms with van der Waals surface area (Å²) in [4.78, 5) is 0. The van der Waals surface area contributed by atoms with Crippen molar-refractivity contribution < 1.29 is 4.42 Å². The van der Waals surface area contributed by atoms with Crippen LogP contribution in [0, 0.1) is 0 Å². The van der Waals surface area contributed by atoms with Crippen LogP contribution < -0.4 is 0 Å². The van der Waals surface area contributed by atoms with Crippen LogP contribution >= 0.6 is 11.3 Å². The fraction of sp³-hybridized carbons (Fsp3) is 0. The molecule has 5 nitrogen and oxygen atoms in total. The molecule has 0 aliphatic carbocycles. The summed E-state index contributed by atoms with van der Waals surface area (Å²) in [5.41, 5.74) is 36.2. The molecule has 0 radical (unpaired) electrons. The molecule has 26 rings (SSSR count). The van der Waals surface area contributed by atoms with Gasteiger partial charge in [-0.1, -0.05) is 358 Å². The van der Waals surface area contributed by atoms with Crippen molar-refractivity contribution in [3.05, 3.63) is 449 Å². The van der Waals surface area contributed by atoms with Crippen LogP contribution in [0.4, 0.5) is 0 Å². The van der Waals surface area contributed by atoms with Crippen LogP contribution in [0.3, 0.4) is 0 Å². The minimum Gasteiger partial charge on any atom is -0.454 e. The van der Waals surface area contributed by atoms with E-state index in [0.717, 1.165) is 111 Å². The molecule has 6 heterocycles. The summed E-state index contributed by atoms with van der Waals surface area (Å²) in [7, 11) is 0. The molecule has 0 amide bonds. The Balaban J connectivity index is 0.623. The summed E-state index contributed by atoms with van der Waals surface area (Å²) in [5.74, 6) is 0. The zero-order chi connectivity index (χ0) is 82.6. The standard InChI is InChI=1S/C120H74N4OS/c1-4-33-75(34-5-1)81-41-10-12-45-85(81)91-68-70-109(119-116(91)98-51-20-27-66-111(98)125-119)122-104-61-25-18-49-96(104)114-89(53-31-64-107(114)122)88-52-30-63-106-113(88)95-48-17-24-60-103(95)121(106)100-57-21-15-44-84(100)80-40-28-39-78(73-80)79-67-72-112-99(74-79)117-92(86-46-13-11-42-82(86)76-35-6-2-7-36-76)69-71-110(120(117)126-112)123-105-62-26-19-50-97(105)115-90(54-32-65-108(115)123)94-56-29-55-93-87-47-16-23-59-102(87)124(118(93)94)101-58-22-14-43-83(101)77-37-8-3-9-38-77/h1-74H. The summed E-state index contributed by atoms with van der Waals surface area (Å²) in [5, 5.41) is 14.2. The molecule has 0 saturated carbocycles. The molecule has 6 heteroatoms. The third kappa shape index (κ3) is 10.9. The number of hydrogen-bond donors (Lipinski definition) is 0. The molecule has 26 aromatic rings. The van der Waals surface area contributed by atoms with Crippen molar-refractivity contribution in [1.82, 2.24) is 18.3 Å². The monoisotopic (exact) mass is 1620 g/mol. The van der Waals surface area contributed by atoms with E-state index in [1.54, 1.807) is 0 Å². The number of nitrogens with zero attached hydrogens (tertiary/aromatic N) is 4. The molecular weight excluding hydrogens is 1550 g/mol. The van der Waals surface area contributed by atoms with E-state index in [1.165, 1.54) is 141 Å². The van der Waals surface area contributed by atoms with Crippen molar-refractivity contribution in [2.24, 2.45) is 0 Å². The summed E-state index contributed by atoms with van der Waals surface area (Å²) in [6, 6.07) is 166. The Morgan fingerprint density at radius 1 is 0.175 bits per heavy atom. The van der Waals surface area contributed by atoms with Gasteiger partial charge in [-0.05, 0) is 174 Å². The molecule has 126 heavy (non-hydrogen) atoms. The highest BCUT2D eigenvalue weighted by Crippen LogP contribution is 2.53. The lowest BCUT2D eigenvalue weighted by atomic mass is 9.91. The Morgan fingerprint density at radius 3 is 1.11 bits per heavy atom. The zero-order valence-electron chi connectivity index (χ0n) is 68.3. The van der Waals surface area contributed by atoms with Gasteiger partial charge in [-0.25, -0.2) is 0 Å². The van der Waals surface area contributed by atoms with E-state index < -0.39 is 0 Å². The molecule has 0 N–H and O–H groups in total. The average Bonchev–Trinajstić information content (AvgIpc) is 1.55. The van der Waals surface area contributed by atoms with Gasteiger partial charge in [0.05, 0.1) is 71.6 Å². The highest BCUT2D eigenvalue weighted by atomic mass is 32.1. The first-order valence-electron chi connectivity index (χ1n) is 43.3. The Hall–Kier alpha value is -16.4. The van der Waals surface area contributed by atoms with Gasteiger partial charge in [-0.15, -0.1) is 11.3 Å². The van der Waals surface area contributed by atoms with Gasteiger partial charge in [0.2, 0.25) is 0 Å². The lowest BCUT2D eigenvalue weighted by molar-refractivity contribution is 0.666. The molecule has 0 spiro atoms. The van der Waals surface area contributed by atoms with E-state index >= 15 is 0 Å². The van der Waals surface area contributed by atoms with Crippen molar-refractivity contribution in [2.45, 2.75) is 0 Å². The predicted molar refractivity (Wildman–Crippen MR) is 533 cm³/mol. The first kappa shape index (κ1) is 71.4. The molecule has 586 valence electrons. The first-order valence-corrected chi connectivity index (χ1v) is 44.1. The van der Waals surface area contributed by atoms with Crippen LogP contribution in [0.25, 0.3) is 252 Å². The van der Waals surface area contributed by atoms with Crippen molar-refractivity contribution in [2.75, 3.05) is 0 Å². The van der Waals surface area contributed by atoms with E-state index in [2.05, 4.69) is 467 Å². The lowest BCUT2D eigenvalue weighted by Gasteiger charge is -2.17. The third-order valence-electron chi connectivity index (χ3n) is 26.4. The second kappa shape index (κ2) is 28.6. The average molecular weight is 1620 g/mol. The van der Waals surface area contributed by atoms with E-state index in [4.69, 9.17) is 4.42 Å². The number of thiophene rings is 1. The van der Waals surface area contributed by atoms with Gasteiger partial charge in [-0.3, -0.25) is 0 Å². The number of furan rings is 1. The first-order chi connectivity index (χ1) is 62.6. The van der Waals surface area contributed by atoms with Crippen molar-refractivity contribution in [3.63, 3.8) is 0 Å². The Bertz CT molecular complexity index is 8980. The highest BCUT2D eigenvalue weighted by molar-refractivity contribution is 7.26. The van der Waals surface area contributed by atoms with Crippen LogP contribution in [0.5, 0.6) is 0 Å². The van der Waals surface area contributed by atoms with Gasteiger partial charge >= 0.3 is 0 Å². The maximum Gasteiger partial charge on any atom is 0.160 e. The molecule has 0 aliphatic heterocycles. The summed E-state index contributed by atoms with van der Waals surface area (Å²) >= 11 is 1.89. The number of hydrogen-bond acceptors (Lipinski definition) is 2. The third-order valence-corrected chi connectivity index (χ3v) is 27.6. The van der Waals surface area contributed by atoms with Gasteiger partial charge in [0.1, 0.15) is 5.58 Å². The predicted octanol–water partition coefficient (Wildman–Crippen LogP) is 33.3. The van der Waals surface area contributed by atoms with E-state index in [9.17, 15) is 0 Å². The van der Waals surface area contributed by atoms with Crippen LogP contribution in [0.15, 0.2) is 453 Å². The van der Waals surface area contributed by atoms with Crippen LogP contribution in [0.1, 0.15) is 0 Å². The smallest absolute Gasteiger partial charge is 0.160 e.